The first-order chi connectivity index (χ1) is 12.7. The molecule has 1 amide bonds. The number of piperidine rings is 1. The maximum absolute atomic E-state index is 12.4. The van der Waals surface area contributed by atoms with Gasteiger partial charge in [0.1, 0.15) is 18.8 Å². The van der Waals surface area contributed by atoms with E-state index in [0.29, 0.717) is 13.0 Å². The van der Waals surface area contributed by atoms with Crippen LogP contribution in [0.3, 0.4) is 0 Å². The van der Waals surface area contributed by atoms with E-state index in [0.717, 1.165) is 0 Å². The van der Waals surface area contributed by atoms with Crippen LogP contribution in [0.4, 0.5) is 4.79 Å². The summed E-state index contributed by atoms with van der Waals surface area (Å²) in [5, 5.41) is 0. The molecule has 28 heavy (non-hydrogen) atoms. The maximum Gasteiger partial charge on any atom is 0.410 e. The molecule has 0 spiro atoms. The number of rotatable bonds is 5. The second-order valence-electron chi connectivity index (χ2n) is 9.61. The van der Waals surface area contributed by atoms with E-state index in [1.807, 2.05) is 19.0 Å². The summed E-state index contributed by atoms with van der Waals surface area (Å²) in [5.74, 6) is -0.720. The number of ether oxygens (including phenoxy) is 3. The molecule has 1 aliphatic heterocycles. The lowest BCUT2D eigenvalue weighted by atomic mass is 9.96. The van der Waals surface area contributed by atoms with Gasteiger partial charge >= 0.3 is 18.0 Å². The first kappa shape index (κ1) is 24.2. The molecule has 1 fully saturated rings. The summed E-state index contributed by atoms with van der Waals surface area (Å²) in [6.45, 7) is 11.9. The van der Waals surface area contributed by atoms with E-state index in [1.165, 1.54) is 4.90 Å². The Kier molecular flexibility index (Phi) is 8.29. The minimum Gasteiger partial charge on any atom is -0.460 e. The average Bonchev–Trinajstić information content (AvgIpc) is 2.52. The van der Waals surface area contributed by atoms with Crippen LogP contribution >= 0.6 is 0 Å². The van der Waals surface area contributed by atoms with Crippen LogP contribution in [0.5, 0.6) is 0 Å². The predicted molar refractivity (Wildman–Crippen MR) is 105 cm³/mol. The van der Waals surface area contributed by atoms with Crippen LogP contribution in [0.2, 0.25) is 0 Å². The highest BCUT2D eigenvalue weighted by Gasteiger charge is 2.38. The lowest BCUT2D eigenvalue weighted by Gasteiger charge is -2.37. The molecule has 8 nitrogen and oxygen atoms in total. The number of carbonyl (C=O) groups is 3. The number of esters is 2. The van der Waals surface area contributed by atoms with Gasteiger partial charge in [0, 0.05) is 13.0 Å². The van der Waals surface area contributed by atoms with Gasteiger partial charge in [0.05, 0.1) is 23.9 Å². The van der Waals surface area contributed by atoms with E-state index in [9.17, 15) is 14.4 Å². The van der Waals surface area contributed by atoms with E-state index in [2.05, 4.69) is 0 Å². The minimum absolute atomic E-state index is 0.214. The van der Waals surface area contributed by atoms with Crippen LogP contribution in [0, 0.1) is 10.8 Å². The van der Waals surface area contributed by atoms with Crippen LogP contribution < -0.4 is 0 Å². The maximum atomic E-state index is 12.4. The zero-order valence-electron chi connectivity index (χ0n) is 18.5. The molecule has 8 heteroatoms. The Balaban J connectivity index is 2.83. The SMILES string of the molecule is CN(C)CCOC(=O)N1C[C@H](OC(=O)C(C)(C)C)C[C@@H](OC(=O)C(C)(C)C)C1. The summed E-state index contributed by atoms with van der Waals surface area (Å²) in [4.78, 5) is 40.3. The van der Waals surface area contributed by atoms with Gasteiger partial charge < -0.3 is 24.0 Å². The van der Waals surface area contributed by atoms with Gasteiger partial charge in [-0.05, 0) is 55.6 Å². The number of amides is 1. The summed E-state index contributed by atoms with van der Waals surface area (Å²) in [5.41, 5.74) is -1.32. The molecule has 0 aromatic heterocycles. The van der Waals surface area contributed by atoms with Gasteiger partial charge in [0.25, 0.3) is 0 Å². The minimum atomic E-state index is -0.661. The summed E-state index contributed by atoms with van der Waals surface area (Å²) in [6.07, 6.45) is -1.26. The molecule has 0 N–H and O–H groups in total. The Hall–Kier alpha value is -1.83. The van der Waals surface area contributed by atoms with Crippen molar-refractivity contribution in [2.24, 2.45) is 10.8 Å². The third-order valence-corrected chi connectivity index (χ3v) is 4.17. The predicted octanol–water partition coefficient (Wildman–Crippen LogP) is 2.31. The average molecular weight is 401 g/mol. The Labute approximate surface area is 168 Å². The smallest absolute Gasteiger partial charge is 0.410 e. The fourth-order valence-corrected chi connectivity index (χ4v) is 2.39. The Morgan fingerprint density at radius 3 is 1.68 bits per heavy atom. The van der Waals surface area contributed by atoms with Crippen LogP contribution in [-0.4, -0.2) is 80.4 Å². The number of carbonyl (C=O) groups excluding carboxylic acids is 3. The molecule has 1 heterocycles. The Morgan fingerprint density at radius 1 is 0.893 bits per heavy atom. The van der Waals surface area contributed by atoms with Gasteiger partial charge in [-0.25, -0.2) is 4.79 Å². The zero-order valence-corrected chi connectivity index (χ0v) is 18.5. The van der Waals surface area contributed by atoms with Gasteiger partial charge in [-0.1, -0.05) is 0 Å². The van der Waals surface area contributed by atoms with E-state index in [1.54, 1.807) is 41.5 Å². The highest BCUT2D eigenvalue weighted by molar-refractivity contribution is 5.76. The highest BCUT2D eigenvalue weighted by atomic mass is 16.6. The van der Waals surface area contributed by atoms with Gasteiger partial charge in [0.2, 0.25) is 0 Å². The molecule has 0 bridgehead atoms. The van der Waals surface area contributed by atoms with E-state index >= 15 is 0 Å². The molecular weight excluding hydrogens is 364 g/mol. The number of hydrogen-bond donors (Lipinski definition) is 0. The number of likely N-dealkylation sites (tertiary alicyclic amines) is 1. The lowest BCUT2D eigenvalue weighted by molar-refractivity contribution is -0.171. The molecule has 0 aromatic rings. The number of hydrogen-bond acceptors (Lipinski definition) is 7. The summed E-state index contributed by atoms with van der Waals surface area (Å²) in [7, 11) is 3.78. The Bertz CT molecular complexity index is 526. The van der Waals surface area contributed by atoms with E-state index < -0.39 is 29.1 Å². The van der Waals surface area contributed by atoms with Crippen molar-refractivity contribution in [3.05, 3.63) is 0 Å². The molecule has 1 saturated heterocycles. The summed E-state index contributed by atoms with van der Waals surface area (Å²) >= 11 is 0. The van der Waals surface area contributed by atoms with Crippen molar-refractivity contribution in [2.75, 3.05) is 40.3 Å². The van der Waals surface area contributed by atoms with Crippen molar-refractivity contribution < 1.29 is 28.6 Å². The van der Waals surface area contributed by atoms with Gasteiger partial charge in [-0.2, -0.15) is 0 Å². The van der Waals surface area contributed by atoms with Crippen LogP contribution in [0.15, 0.2) is 0 Å². The molecule has 2 atom stereocenters. The second kappa shape index (κ2) is 9.58. The monoisotopic (exact) mass is 400 g/mol. The van der Waals surface area contributed by atoms with Crippen molar-refractivity contribution in [3.63, 3.8) is 0 Å². The third-order valence-electron chi connectivity index (χ3n) is 4.17. The lowest BCUT2D eigenvalue weighted by Crippen LogP contribution is -2.52. The van der Waals surface area contributed by atoms with Crippen molar-refractivity contribution >= 4 is 18.0 Å². The fourth-order valence-electron chi connectivity index (χ4n) is 2.39. The number of nitrogens with zero attached hydrogens (tertiary/aromatic N) is 2. The molecule has 1 rings (SSSR count). The molecule has 0 unspecified atom stereocenters. The molecule has 0 aromatic carbocycles. The van der Waals surface area contributed by atoms with E-state index in [-0.39, 0.29) is 31.6 Å². The Morgan fingerprint density at radius 2 is 1.32 bits per heavy atom. The molecule has 0 aliphatic carbocycles. The first-order valence-electron chi connectivity index (χ1n) is 9.68. The molecule has 0 saturated carbocycles. The van der Waals surface area contributed by atoms with E-state index in [4.69, 9.17) is 14.2 Å². The zero-order chi connectivity index (χ0) is 21.7. The molecule has 0 radical (unpaired) electrons. The summed E-state index contributed by atoms with van der Waals surface area (Å²) in [6, 6.07) is 0. The molecular formula is C20H36N2O6. The van der Waals surface area contributed by atoms with Crippen molar-refractivity contribution in [1.82, 2.24) is 9.80 Å². The summed E-state index contributed by atoms with van der Waals surface area (Å²) < 4.78 is 16.5. The van der Waals surface area contributed by atoms with Crippen molar-refractivity contribution in [1.29, 1.82) is 0 Å². The quantitative estimate of drug-likeness (QED) is 0.517. The normalized spacial score (nSPS) is 20.7. The molecule has 1 aliphatic rings. The van der Waals surface area contributed by atoms with Crippen LogP contribution in [0.1, 0.15) is 48.0 Å². The van der Waals surface area contributed by atoms with Crippen LogP contribution in [0.25, 0.3) is 0 Å². The fraction of sp³-hybridized carbons (Fsp3) is 0.850. The largest absolute Gasteiger partial charge is 0.460 e. The van der Waals surface area contributed by atoms with Gasteiger partial charge in [0.15, 0.2) is 0 Å². The van der Waals surface area contributed by atoms with Crippen molar-refractivity contribution in [3.8, 4) is 0 Å². The first-order valence-corrected chi connectivity index (χ1v) is 9.68. The number of likely N-dealkylation sites (N-methyl/N-ethyl adjacent to an activating group) is 1. The van der Waals surface area contributed by atoms with Crippen LogP contribution in [-0.2, 0) is 23.8 Å². The van der Waals surface area contributed by atoms with Crippen molar-refractivity contribution in [2.45, 2.75) is 60.2 Å². The topological polar surface area (TPSA) is 85.4 Å². The van der Waals surface area contributed by atoms with Gasteiger partial charge in [-0.15, -0.1) is 0 Å². The third kappa shape index (κ3) is 8.04. The second-order valence-corrected chi connectivity index (χ2v) is 9.61. The molecule has 162 valence electrons. The standard InChI is InChI=1S/C20H36N2O6/c1-19(2,3)16(23)27-14-11-15(28-17(24)20(4,5)6)13-22(12-14)18(25)26-10-9-21(7)8/h14-15H,9-13H2,1-8H3/t14-,15-/m1/s1. The highest BCUT2D eigenvalue weighted by Crippen LogP contribution is 2.24. The van der Waals surface area contributed by atoms with Gasteiger partial charge in [-0.3, -0.25) is 9.59 Å².